The van der Waals surface area contributed by atoms with Gasteiger partial charge in [-0.15, -0.1) is 0 Å². The van der Waals surface area contributed by atoms with Gasteiger partial charge >= 0.3 is 6.03 Å². The van der Waals surface area contributed by atoms with Crippen LogP contribution in [0.15, 0.2) is 35.3 Å². The number of nitrogens with one attached hydrogen (secondary N) is 2. The lowest BCUT2D eigenvalue weighted by Gasteiger charge is -2.35. The minimum atomic E-state index is -1.27. The summed E-state index contributed by atoms with van der Waals surface area (Å²) in [5, 5.41) is 9.08. The Bertz CT molecular complexity index is 1320. The Morgan fingerprint density at radius 1 is 1.16 bits per heavy atom. The summed E-state index contributed by atoms with van der Waals surface area (Å²) in [6, 6.07) is 3.61. The molecule has 3 aromatic rings. The van der Waals surface area contributed by atoms with Gasteiger partial charge in [0.1, 0.15) is 5.82 Å². The number of carbonyl (C=O) groups excluding carboxylic acids is 1. The van der Waals surface area contributed by atoms with E-state index < -0.39 is 23.6 Å². The van der Waals surface area contributed by atoms with Crippen LogP contribution in [0.5, 0.6) is 0 Å². The second-order valence-corrected chi connectivity index (χ2v) is 8.15. The molecule has 0 aliphatic carbocycles. The fraction of sp³-hybridized carbons (Fsp3) is 0.238. The number of hydrogen-bond acceptors (Lipinski definition) is 4. The number of benzene rings is 1. The summed E-state index contributed by atoms with van der Waals surface area (Å²) < 4.78 is 41.4. The Hall–Kier alpha value is -3.40. The molecule has 2 amide bonds. The molecule has 2 bridgehead atoms. The van der Waals surface area contributed by atoms with Gasteiger partial charge in [-0.2, -0.15) is 9.49 Å². The van der Waals surface area contributed by atoms with Crippen molar-refractivity contribution in [3.05, 3.63) is 74.7 Å². The Kier molecular flexibility index (Phi) is 4.89. The minimum Gasteiger partial charge on any atom is -0.313 e. The molecule has 1 saturated heterocycles. The number of halogens is 4. The zero-order chi connectivity index (χ0) is 22.6. The van der Waals surface area contributed by atoms with Crippen LogP contribution in [0.2, 0.25) is 5.02 Å². The highest BCUT2D eigenvalue weighted by molar-refractivity contribution is 6.33. The quantitative estimate of drug-likeness (QED) is 0.560. The highest BCUT2D eigenvalue weighted by Crippen LogP contribution is 2.42. The number of pyridine rings is 1. The van der Waals surface area contributed by atoms with Crippen molar-refractivity contribution < 1.29 is 18.0 Å². The van der Waals surface area contributed by atoms with Crippen LogP contribution in [-0.2, 0) is 6.42 Å². The molecule has 164 valence electrons. The van der Waals surface area contributed by atoms with Crippen molar-refractivity contribution in [1.29, 1.82) is 0 Å². The molecule has 2 N–H and O–H groups in total. The molecule has 4 heterocycles. The molecule has 5 rings (SSSR count). The number of hydrogen-bond donors (Lipinski definition) is 2. The first-order chi connectivity index (χ1) is 15.3. The number of rotatable bonds is 2. The van der Waals surface area contributed by atoms with Crippen LogP contribution in [-0.4, -0.2) is 32.2 Å². The summed E-state index contributed by atoms with van der Waals surface area (Å²) in [6.07, 6.45) is 2.93. The summed E-state index contributed by atoms with van der Waals surface area (Å²) in [4.78, 5) is 29.5. The van der Waals surface area contributed by atoms with E-state index in [-0.39, 0.29) is 39.5 Å². The number of nitrogens with zero attached hydrogens (tertiary/aromatic N) is 3. The van der Waals surface area contributed by atoms with Crippen molar-refractivity contribution in [2.75, 3.05) is 5.32 Å². The van der Waals surface area contributed by atoms with E-state index in [1.54, 1.807) is 4.90 Å². The number of aromatic amines is 1. The normalized spacial score (nSPS) is 19.1. The molecule has 2 unspecified atom stereocenters. The van der Waals surface area contributed by atoms with Gasteiger partial charge in [0.25, 0.3) is 5.56 Å². The van der Waals surface area contributed by atoms with E-state index in [0.29, 0.717) is 18.5 Å². The van der Waals surface area contributed by atoms with Crippen molar-refractivity contribution in [3.8, 4) is 11.1 Å². The molecule has 0 radical (unpaired) electrons. The molecule has 0 spiro atoms. The van der Waals surface area contributed by atoms with E-state index in [2.05, 4.69) is 20.5 Å². The lowest BCUT2D eigenvalue weighted by molar-refractivity contribution is 0.177. The second kappa shape index (κ2) is 7.63. The van der Waals surface area contributed by atoms with Crippen molar-refractivity contribution >= 4 is 23.3 Å². The van der Waals surface area contributed by atoms with Crippen LogP contribution < -0.4 is 10.9 Å². The second-order valence-electron chi connectivity index (χ2n) is 7.74. The fourth-order valence-electron chi connectivity index (χ4n) is 4.43. The highest BCUT2D eigenvalue weighted by atomic mass is 35.5. The number of carbonyl (C=O) groups is 1. The molecule has 11 heteroatoms. The zero-order valence-electron chi connectivity index (χ0n) is 16.3. The highest BCUT2D eigenvalue weighted by Gasteiger charge is 2.44. The first-order valence-electron chi connectivity index (χ1n) is 9.80. The van der Waals surface area contributed by atoms with Gasteiger partial charge in [0.2, 0.25) is 5.95 Å². The van der Waals surface area contributed by atoms with Crippen LogP contribution in [0.3, 0.4) is 0 Å². The van der Waals surface area contributed by atoms with E-state index in [0.717, 1.165) is 30.3 Å². The third-order valence-corrected chi connectivity index (χ3v) is 6.15. The summed E-state index contributed by atoms with van der Waals surface area (Å²) in [5.74, 6) is -3.26. The largest absolute Gasteiger partial charge is 0.322 e. The molecular weight excluding hydrogens is 447 g/mol. The summed E-state index contributed by atoms with van der Waals surface area (Å²) >= 11 is 6.23. The molecule has 2 aliphatic heterocycles. The summed E-state index contributed by atoms with van der Waals surface area (Å²) in [5.41, 5.74) is 1.19. The van der Waals surface area contributed by atoms with Gasteiger partial charge in [-0.1, -0.05) is 11.6 Å². The fourth-order valence-corrected chi connectivity index (χ4v) is 4.70. The van der Waals surface area contributed by atoms with Gasteiger partial charge in [-0.25, -0.2) is 23.7 Å². The number of anilines is 1. The van der Waals surface area contributed by atoms with Gasteiger partial charge in [-0.3, -0.25) is 4.79 Å². The van der Waals surface area contributed by atoms with Crippen LogP contribution in [0, 0.1) is 17.6 Å². The van der Waals surface area contributed by atoms with Crippen molar-refractivity contribution in [1.82, 2.24) is 20.1 Å². The SMILES string of the molecule is O=C(Nc1cc(Cl)c(-c2cnc(F)c(F)c2)cc1F)N1C2CCC1c1n[nH]c(=O)cc1C2. The maximum atomic E-state index is 14.8. The first-order valence-corrected chi connectivity index (χ1v) is 10.2. The van der Waals surface area contributed by atoms with E-state index in [9.17, 15) is 22.8 Å². The molecule has 1 aromatic carbocycles. The molecule has 1 fully saturated rings. The topological polar surface area (TPSA) is 91.0 Å². The van der Waals surface area contributed by atoms with E-state index in [4.69, 9.17) is 11.6 Å². The number of fused-ring (bicyclic) bond motifs is 4. The smallest absolute Gasteiger partial charge is 0.313 e. The Labute approximate surface area is 184 Å². The predicted molar refractivity (Wildman–Crippen MR) is 110 cm³/mol. The van der Waals surface area contributed by atoms with Gasteiger partial charge in [0.05, 0.1) is 22.4 Å². The van der Waals surface area contributed by atoms with E-state index in [1.165, 1.54) is 12.1 Å². The summed E-state index contributed by atoms with van der Waals surface area (Å²) in [7, 11) is 0. The molecule has 7 nitrogen and oxygen atoms in total. The van der Waals surface area contributed by atoms with Gasteiger partial charge < -0.3 is 10.2 Å². The lowest BCUT2D eigenvalue weighted by atomic mass is 9.99. The van der Waals surface area contributed by atoms with Crippen molar-refractivity contribution in [3.63, 3.8) is 0 Å². The van der Waals surface area contributed by atoms with Gasteiger partial charge in [-0.05, 0) is 43.0 Å². The standard InChI is InChI=1S/C21H15ClF3N5O2/c22-13-7-16(14(23)6-12(13)10-4-15(24)20(25)26-8-10)27-21(32)30-11-1-2-17(30)19-9(3-11)5-18(31)28-29-19/h4-8,11,17H,1-3H2,(H,27,32)(H,28,31). The average Bonchev–Trinajstić information content (AvgIpc) is 3.07. The number of H-pyrrole nitrogens is 1. The Morgan fingerprint density at radius 3 is 2.75 bits per heavy atom. The van der Waals surface area contributed by atoms with Gasteiger partial charge in [0.15, 0.2) is 5.82 Å². The molecule has 2 aromatic heterocycles. The Balaban J connectivity index is 1.41. The molecule has 2 aliphatic rings. The average molecular weight is 462 g/mol. The predicted octanol–water partition coefficient (Wildman–Crippen LogP) is 4.20. The molecule has 32 heavy (non-hydrogen) atoms. The van der Waals surface area contributed by atoms with E-state index >= 15 is 0 Å². The third kappa shape index (κ3) is 3.40. The molecule has 0 saturated carbocycles. The van der Waals surface area contributed by atoms with Gasteiger partial charge in [0, 0.05) is 29.4 Å². The van der Waals surface area contributed by atoms with Crippen LogP contribution in [0.1, 0.15) is 30.1 Å². The number of amides is 2. The summed E-state index contributed by atoms with van der Waals surface area (Å²) in [6.45, 7) is 0. The van der Waals surface area contributed by atoms with E-state index in [1.807, 2.05) is 0 Å². The monoisotopic (exact) mass is 461 g/mol. The maximum absolute atomic E-state index is 14.8. The first kappa shape index (κ1) is 20.5. The number of urea groups is 1. The number of aromatic nitrogens is 3. The minimum absolute atomic E-state index is 0.0284. The maximum Gasteiger partial charge on any atom is 0.322 e. The Morgan fingerprint density at radius 2 is 1.97 bits per heavy atom. The van der Waals surface area contributed by atoms with Crippen LogP contribution in [0.25, 0.3) is 11.1 Å². The van der Waals surface area contributed by atoms with Crippen LogP contribution in [0.4, 0.5) is 23.7 Å². The lowest BCUT2D eigenvalue weighted by Crippen LogP contribution is -2.45. The third-order valence-electron chi connectivity index (χ3n) is 5.83. The molecule has 2 atom stereocenters. The van der Waals surface area contributed by atoms with Crippen molar-refractivity contribution in [2.45, 2.75) is 31.3 Å². The van der Waals surface area contributed by atoms with Crippen LogP contribution >= 0.6 is 11.6 Å². The molecular formula is C21H15ClF3N5O2. The zero-order valence-corrected chi connectivity index (χ0v) is 17.1. The van der Waals surface area contributed by atoms with Crippen molar-refractivity contribution in [2.24, 2.45) is 0 Å².